The van der Waals surface area contributed by atoms with Crippen LogP contribution in [-0.4, -0.2) is 48.2 Å². The van der Waals surface area contributed by atoms with Crippen molar-refractivity contribution in [2.75, 3.05) is 5.32 Å². The van der Waals surface area contributed by atoms with E-state index in [9.17, 15) is 4.79 Å². The van der Waals surface area contributed by atoms with Crippen LogP contribution in [0.3, 0.4) is 0 Å². The second-order valence-corrected chi connectivity index (χ2v) is 15.6. The molecule has 5 heterocycles. The van der Waals surface area contributed by atoms with Crippen LogP contribution in [-0.2, 0) is 30.1 Å². The fraction of sp³-hybridized carbons (Fsp3) is 0.333. The van der Waals surface area contributed by atoms with Gasteiger partial charge in [-0.3, -0.25) is 20.6 Å². The lowest BCUT2D eigenvalue weighted by Crippen LogP contribution is -2.46. The number of pyridine rings is 1. The van der Waals surface area contributed by atoms with E-state index in [1.54, 1.807) is 61.9 Å². The van der Waals surface area contributed by atoms with E-state index in [0.29, 0.717) is 69.8 Å². The van der Waals surface area contributed by atoms with Crippen molar-refractivity contribution in [3.8, 4) is 22.6 Å². The molecule has 2 aliphatic heterocycles. The number of halogens is 4. The second kappa shape index (κ2) is 14.5. The number of amides is 1. The number of nitrogens with zero attached hydrogens (tertiary/aromatic N) is 5. The molecule has 2 fully saturated rings. The summed E-state index contributed by atoms with van der Waals surface area (Å²) in [4.78, 5) is 27.0. The number of carbonyl (C=O) groups excluding carboxylic acids is 1. The minimum absolute atomic E-state index is 0.000896. The zero-order valence-corrected chi connectivity index (χ0v) is 32.2. The van der Waals surface area contributed by atoms with Crippen molar-refractivity contribution >= 4 is 34.2 Å². The highest BCUT2D eigenvalue weighted by Gasteiger charge is 2.46. The average Bonchev–Trinajstić information content (AvgIpc) is 3.97. The van der Waals surface area contributed by atoms with Gasteiger partial charge in [0.2, 0.25) is 5.91 Å². The van der Waals surface area contributed by atoms with Crippen molar-refractivity contribution < 1.29 is 27.4 Å². The molecule has 1 saturated carbocycles. The lowest BCUT2D eigenvalue weighted by Gasteiger charge is -2.34. The summed E-state index contributed by atoms with van der Waals surface area (Å²) in [5.74, 6) is -2.37. The molecule has 0 bridgehead atoms. The van der Waals surface area contributed by atoms with Crippen LogP contribution in [0, 0.1) is 23.5 Å². The molecule has 15 heteroatoms. The quantitative estimate of drug-likeness (QED) is 0.136. The standard InChI is InChI=1S/C42H40ClF3N8O3/c1-4-53-21-47-19-27(53)20-54-35-10-9-26(49-41(55)24-12-29-22(2)51-52-39(29)33(46)15-24)16-34(35)50-38(54)17-30-31(44)13-23(14-32(30)45)28-6-5-7-36-40(28)57-42(3,56-36)37-11-8-25(43)18-48-37/h5-11,13-14,16,18-19,21-22,24,29,33,39,51-52H,4,12,15,17,20H2,1-3H3,(H,49,55). The third-order valence-electron chi connectivity index (χ3n) is 11.5. The largest absolute Gasteiger partial charge is 0.443 e. The average molecular weight is 797 g/mol. The van der Waals surface area contributed by atoms with Gasteiger partial charge in [-0.2, -0.15) is 0 Å². The van der Waals surface area contributed by atoms with E-state index in [4.69, 9.17) is 26.1 Å². The molecule has 9 rings (SSSR count). The first-order valence-corrected chi connectivity index (χ1v) is 19.4. The van der Waals surface area contributed by atoms with Gasteiger partial charge >= 0.3 is 0 Å². The Labute approximate surface area is 331 Å². The molecule has 0 radical (unpaired) electrons. The van der Waals surface area contributed by atoms with Gasteiger partial charge in [-0.25, -0.2) is 23.1 Å². The van der Waals surface area contributed by atoms with E-state index >= 15 is 13.2 Å². The van der Waals surface area contributed by atoms with E-state index in [0.717, 1.165) is 5.69 Å². The highest BCUT2D eigenvalue weighted by atomic mass is 35.5. The van der Waals surface area contributed by atoms with E-state index in [1.807, 2.05) is 29.0 Å². The van der Waals surface area contributed by atoms with E-state index in [2.05, 4.69) is 26.1 Å². The Hall–Kier alpha value is -5.44. The number of aromatic nitrogens is 5. The van der Waals surface area contributed by atoms with Gasteiger partial charge in [0.25, 0.3) is 5.79 Å². The van der Waals surface area contributed by atoms with Gasteiger partial charge in [0.1, 0.15) is 29.3 Å². The van der Waals surface area contributed by atoms with Crippen molar-refractivity contribution in [3.63, 3.8) is 0 Å². The van der Waals surface area contributed by atoms with Gasteiger partial charge in [-0.05, 0) is 86.7 Å². The fourth-order valence-electron chi connectivity index (χ4n) is 8.45. The molecule has 3 aromatic carbocycles. The van der Waals surface area contributed by atoms with E-state index in [1.165, 1.54) is 18.3 Å². The number of aryl methyl sites for hydroxylation is 1. The van der Waals surface area contributed by atoms with Crippen molar-refractivity contribution in [1.29, 1.82) is 0 Å². The van der Waals surface area contributed by atoms with Gasteiger partial charge in [-0.1, -0.05) is 23.7 Å². The summed E-state index contributed by atoms with van der Waals surface area (Å²) >= 11 is 6.04. The molecule has 0 spiro atoms. The molecule has 6 unspecified atom stereocenters. The van der Waals surface area contributed by atoms with Gasteiger partial charge in [0.15, 0.2) is 11.5 Å². The van der Waals surface area contributed by atoms with Gasteiger partial charge in [0, 0.05) is 61.1 Å². The van der Waals surface area contributed by atoms with Gasteiger partial charge in [0.05, 0.1) is 40.7 Å². The number of ether oxygens (including phenoxy) is 2. The predicted octanol–water partition coefficient (Wildman–Crippen LogP) is 7.70. The maximum atomic E-state index is 16.2. The third kappa shape index (κ3) is 6.78. The highest BCUT2D eigenvalue weighted by Crippen LogP contribution is 2.49. The summed E-state index contributed by atoms with van der Waals surface area (Å²) in [6.07, 6.45) is 4.37. The summed E-state index contributed by atoms with van der Waals surface area (Å²) in [5, 5.41) is 3.44. The van der Waals surface area contributed by atoms with Crippen molar-refractivity contribution in [3.05, 3.63) is 119 Å². The number of hydrogen-bond donors (Lipinski definition) is 3. The molecule has 6 aromatic rings. The number of alkyl halides is 1. The Kier molecular flexibility index (Phi) is 9.45. The van der Waals surface area contributed by atoms with E-state index < -0.39 is 29.5 Å². The first kappa shape index (κ1) is 37.2. The molecular weight excluding hydrogens is 757 g/mol. The summed E-state index contributed by atoms with van der Waals surface area (Å²) in [6, 6.07) is 16.2. The topological polar surface area (TPSA) is 120 Å². The third-order valence-corrected chi connectivity index (χ3v) is 11.7. The van der Waals surface area contributed by atoms with Crippen LogP contribution in [0.15, 0.2) is 79.4 Å². The van der Waals surface area contributed by atoms with Gasteiger partial charge < -0.3 is 23.9 Å². The molecule has 1 amide bonds. The van der Waals surface area contributed by atoms with Crippen molar-refractivity contribution in [1.82, 2.24) is 34.9 Å². The second-order valence-electron chi connectivity index (χ2n) is 15.2. The maximum absolute atomic E-state index is 16.2. The molecule has 6 atom stereocenters. The smallest absolute Gasteiger partial charge is 0.292 e. The minimum atomic E-state index is -1.28. The number of imidazole rings is 2. The molecule has 11 nitrogen and oxygen atoms in total. The lowest BCUT2D eigenvalue weighted by atomic mass is 9.75. The Bertz CT molecular complexity index is 2490. The summed E-state index contributed by atoms with van der Waals surface area (Å²) in [7, 11) is 0. The van der Waals surface area contributed by atoms with Crippen LogP contribution in [0.5, 0.6) is 11.5 Å². The number of para-hydroxylation sites is 1. The SMILES string of the molecule is CCn1cncc1Cn1c(Cc2c(F)cc(-c3cccc4c3OC(C)(c3ccc(Cl)cn3)O4)cc2F)nc2cc(NC(=O)C3CC(F)C4NNC(C)C4C3)ccc21. The molecule has 1 saturated heterocycles. The number of anilines is 1. The Morgan fingerprint density at radius 1 is 1.05 bits per heavy atom. The van der Waals surface area contributed by atoms with Crippen LogP contribution in [0.25, 0.3) is 22.2 Å². The minimum Gasteiger partial charge on any atom is -0.443 e. The fourth-order valence-corrected chi connectivity index (χ4v) is 8.56. The van der Waals surface area contributed by atoms with Crippen LogP contribution < -0.4 is 25.6 Å². The molecular formula is C42H40ClF3N8O3. The van der Waals surface area contributed by atoms with Crippen molar-refractivity contribution in [2.45, 2.75) is 77.2 Å². The number of benzene rings is 3. The first-order chi connectivity index (χ1) is 27.5. The molecule has 57 heavy (non-hydrogen) atoms. The number of hydrogen-bond acceptors (Lipinski definition) is 8. The van der Waals surface area contributed by atoms with Gasteiger partial charge in [-0.15, -0.1) is 0 Å². The number of hydrazine groups is 1. The first-order valence-electron chi connectivity index (χ1n) is 19.0. The van der Waals surface area contributed by atoms with Crippen molar-refractivity contribution in [2.24, 2.45) is 11.8 Å². The van der Waals surface area contributed by atoms with Crippen LogP contribution in [0.2, 0.25) is 5.02 Å². The number of nitrogens with one attached hydrogen (secondary N) is 3. The zero-order chi connectivity index (χ0) is 39.6. The Balaban J connectivity index is 1.01. The number of fused-ring (bicyclic) bond motifs is 3. The summed E-state index contributed by atoms with van der Waals surface area (Å²) in [5.41, 5.74) is 9.80. The maximum Gasteiger partial charge on any atom is 0.292 e. The van der Waals surface area contributed by atoms with Crippen LogP contribution in [0.4, 0.5) is 18.9 Å². The number of rotatable bonds is 9. The van der Waals surface area contributed by atoms with Crippen LogP contribution in [0.1, 0.15) is 56.4 Å². The molecule has 3 aromatic heterocycles. The van der Waals surface area contributed by atoms with Crippen LogP contribution >= 0.6 is 11.6 Å². The summed E-state index contributed by atoms with van der Waals surface area (Å²) in [6.45, 7) is 6.72. The molecule has 3 aliphatic rings. The summed E-state index contributed by atoms with van der Waals surface area (Å²) < 4.78 is 63.8. The molecule has 294 valence electrons. The Morgan fingerprint density at radius 2 is 1.88 bits per heavy atom. The van der Waals surface area contributed by atoms with E-state index in [-0.39, 0.29) is 47.9 Å². The molecule has 1 aliphatic carbocycles. The molecule has 3 N–H and O–H groups in total. The highest BCUT2D eigenvalue weighted by molar-refractivity contribution is 6.30. The normalized spacial score (nSPS) is 23.9. The monoisotopic (exact) mass is 796 g/mol. The predicted molar refractivity (Wildman–Crippen MR) is 208 cm³/mol. The zero-order valence-electron chi connectivity index (χ0n) is 31.4. The Morgan fingerprint density at radius 3 is 2.65 bits per heavy atom. The lowest BCUT2D eigenvalue weighted by molar-refractivity contribution is -0.122. The number of carbonyl (C=O) groups is 1.